The summed E-state index contributed by atoms with van der Waals surface area (Å²) in [6.45, 7) is 5.53. The van der Waals surface area contributed by atoms with E-state index in [1.54, 1.807) is 19.1 Å². The number of hydrogen-bond donors (Lipinski definition) is 1. The van der Waals surface area contributed by atoms with Crippen molar-refractivity contribution >= 4 is 10.0 Å². The van der Waals surface area contributed by atoms with Crippen LogP contribution in [0.15, 0.2) is 51.9 Å². The molecule has 0 spiro atoms. The average Bonchev–Trinajstić information content (AvgIpc) is 3.04. The number of sulfonamides is 1. The molecule has 3 rings (SSSR count). The summed E-state index contributed by atoms with van der Waals surface area (Å²) in [7, 11) is -3.65. The van der Waals surface area contributed by atoms with Crippen LogP contribution in [0.2, 0.25) is 0 Å². The number of benzene rings is 2. The van der Waals surface area contributed by atoms with Crippen LogP contribution in [0.4, 0.5) is 0 Å². The van der Waals surface area contributed by atoms with Gasteiger partial charge in [-0.1, -0.05) is 41.1 Å². The van der Waals surface area contributed by atoms with Crippen LogP contribution >= 0.6 is 0 Å². The van der Waals surface area contributed by atoms with Gasteiger partial charge in [-0.3, -0.25) is 0 Å². The average molecular weight is 357 g/mol. The first kappa shape index (κ1) is 17.3. The van der Waals surface area contributed by atoms with E-state index in [0.717, 1.165) is 16.7 Å². The molecule has 0 aliphatic carbocycles. The highest BCUT2D eigenvalue weighted by Crippen LogP contribution is 2.19. The molecule has 0 unspecified atom stereocenters. The number of nitrogens with one attached hydrogen (secondary N) is 1. The second-order valence-corrected chi connectivity index (χ2v) is 7.71. The molecule has 0 amide bonds. The van der Waals surface area contributed by atoms with Gasteiger partial charge in [0.05, 0.1) is 11.4 Å². The van der Waals surface area contributed by atoms with E-state index in [2.05, 4.69) is 14.9 Å². The summed E-state index contributed by atoms with van der Waals surface area (Å²) in [6, 6.07) is 13.0. The first-order valence-electron chi connectivity index (χ1n) is 7.82. The number of aromatic nitrogens is 2. The van der Waals surface area contributed by atoms with Crippen LogP contribution in [0, 0.1) is 20.8 Å². The Morgan fingerprint density at radius 3 is 2.56 bits per heavy atom. The van der Waals surface area contributed by atoms with Gasteiger partial charge >= 0.3 is 0 Å². The quantitative estimate of drug-likeness (QED) is 0.758. The third-order valence-corrected chi connectivity index (χ3v) is 5.33. The fourth-order valence-electron chi connectivity index (χ4n) is 2.46. The predicted octanol–water partition coefficient (Wildman–Crippen LogP) is 3.14. The van der Waals surface area contributed by atoms with Crippen molar-refractivity contribution in [2.45, 2.75) is 32.2 Å². The Hall–Kier alpha value is -2.51. The van der Waals surface area contributed by atoms with Gasteiger partial charge < -0.3 is 4.52 Å². The van der Waals surface area contributed by atoms with Crippen LogP contribution in [0.1, 0.15) is 22.6 Å². The van der Waals surface area contributed by atoms with Crippen molar-refractivity contribution < 1.29 is 12.9 Å². The van der Waals surface area contributed by atoms with E-state index < -0.39 is 10.0 Å². The Bertz CT molecular complexity index is 1010. The molecule has 7 heteroatoms. The molecule has 0 aliphatic heterocycles. The standard InChI is InChI=1S/C18H19N3O3S/c1-12-5-4-6-15(9-12)18-20-17(24-21-18)11-19-25(22,23)16-10-13(2)7-8-14(16)3/h4-10,19H,11H2,1-3H3. The Balaban J connectivity index is 1.77. The van der Waals surface area contributed by atoms with Gasteiger partial charge in [-0.25, -0.2) is 13.1 Å². The highest BCUT2D eigenvalue weighted by molar-refractivity contribution is 7.89. The molecule has 0 radical (unpaired) electrons. The summed E-state index contributed by atoms with van der Waals surface area (Å²) < 4.78 is 32.7. The molecular weight excluding hydrogens is 338 g/mol. The molecule has 25 heavy (non-hydrogen) atoms. The van der Waals surface area contributed by atoms with Crippen molar-refractivity contribution in [2.24, 2.45) is 0 Å². The van der Waals surface area contributed by atoms with Crippen LogP contribution in [0.25, 0.3) is 11.4 Å². The molecule has 130 valence electrons. The van der Waals surface area contributed by atoms with Crippen LogP contribution in [-0.4, -0.2) is 18.6 Å². The number of aryl methyl sites for hydroxylation is 3. The van der Waals surface area contributed by atoms with E-state index in [0.29, 0.717) is 11.4 Å². The number of rotatable bonds is 5. The lowest BCUT2D eigenvalue weighted by Crippen LogP contribution is -2.24. The number of hydrogen-bond acceptors (Lipinski definition) is 5. The predicted molar refractivity (Wildman–Crippen MR) is 94.4 cm³/mol. The topological polar surface area (TPSA) is 85.1 Å². The summed E-state index contributed by atoms with van der Waals surface area (Å²) in [5.41, 5.74) is 3.47. The van der Waals surface area contributed by atoms with E-state index in [1.807, 2.05) is 44.2 Å². The maximum Gasteiger partial charge on any atom is 0.242 e. The fourth-order valence-corrected chi connectivity index (χ4v) is 3.76. The summed E-state index contributed by atoms with van der Waals surface area (Å²) in [6.07, 6.45) is 0. The molecule has 2 aromatic carbocycles. The summed E-state index contributed by atoms with van der Waals surface area (Å²) in [5.74, 6) is 0.648. The van der Waals surface area contributed by atoms with Gasteiger partial charge in [-0.2, -0.15) is 4.98 Å². The molecule has 0 fully saturated rings. The zero-order valence-corrected chi connectivity index (χ0v) is 15.1. The molecule has 0 atom stereocenters. The van der Waals surface area contributed by atoms with Gasteiger partial charge in [0, 0.05) is 5.56 Å². The van der Waals surface area contributed by atoms with E-state index in [1.165, 1.54) is 0 Å². The lowest BCUT2D eigenvalue weighted by atomic mass is 10.1. The van der Waals surface area contributed by atoms with Crippen LogP contribution in [0.5, 0.6) is 0 Å². The molecule has 6 nitrogen and oxygen atoms in total. The molecule has 0 saturated carbocycles. The third-order valence-electron chi connectivity index (χ3n) is 3.79. The second kappa shape index (κ2) is 6.78. The first-order chi connectivity index (χ1) is 11.8. The van der Waals surface area contributed by atoms with Crippen LogP contribution in [0.3, 0.4) is 0 Å². The SMILES string of the molecule is Cc1cccc(-c2noc(CNS(=O)(=O)c3cc(C)ccc3C)n2)c1. The molecule has 1 heterocycles. The smallest absolute Gasteiger partial charge is 0.242 e. The van der Waals surface area contributed by atoms with Crippen molar-refractivity contribution in [3.63, 3.8) is 0 Å². The second-order valence-electron chi connectivity index (χ2n) is 5.97. The lowest BCUT2D eigenvalue weighted by Gasteiger charge is -2.08. The molecule has 0 aliphatic rings. The zero-order valence-electron chi connectivity index (χ0n) is 14.3. The Morgan fingerprint density at radius 2 is 1.80 bits per heavy atom. The van der Waals surface area contributed by atoms with Gasteiger partial charge in [0.1, 0.15) is 0 Å². The maximum absolute atomic E-state index is 12.5. The molecule has 1 aromatic heterocycles. The molecular formula is C18H19N3O3S. The van der Waals surface area contributed by atoms with Gasteiger partial charge in [0.15, 0.2) is 0 Å². The molecule has 0 saturated heterocycles. The summed E-state index contributed by atoms with van der Waals surface area (Å²) in [4.78, 5) is 4.51. The van der Waals surface area contributed by atoms with Gasteiger partial charge in [-0.05, 0) is 44.0 Å². The normalized spacial score (nSPS) is 11.6. The lowest BCUT2D eigenvalue weighted by molar-refractivity contribution is 0.376. The zero-order chi connectivity index (χ0) is 18.0. The fraction of sp³-hybridized carbons (Fsp3) is 0.222. The maximum atomic E-state index is 12.5. The van der Waals surface area contributed by atoms with E-state index >= 15 is 0 Å². The third kappa shape index (κ3) is 3.94. The van der Waals surface area contributed by atoms with Gasteiger partial charge in [0.25, 0.3) is 0 Å². The van der Waals surface area contributed by atoms with Crippen molar-refractivity contribution in [1.82, 2.24) is 14.9 Å². The van der Waals surface area contributed by atoms with Gasteiger partial charge in [0.2, 0.25) is 21.7 Å². The summed E-state index contributed by atoms with van der Waals surface area (Å²) in [5, 5.41) is 3.91. The van der Waals surface area contributed by atoms with Crippen molar-refractivity contribution in [1.29, 1.82) is 0 Å². The van der Waals surface area contributed by atoms with E-state index in [9.17, 15) is 8.42 Å². The minimum absolute atomic E-state index is 0.0610. The van der Waals surface area contributed by atoms with E-state index in [-0.39, 0.29) is 17.3 Å². The Morgan fingerprint density at radius 1 is 1.04 bits per heavy atom. The Labute approximate surface area is 147 Å². The largest absolute Gasteiger partial charge is 0.338 e. The molecule has 3 aromatic rings. The highest BCUT2D eigenvalue weighted by Gasteiger charge is 2.18. The molecule has 1 N–H and O–H groups in total. The van der Waals surface area contributed by atoms with Crippen molar-refractivity contribution in [3.8, 4) is 11.4 Å². The van der Waals surface area contributed by atoms with E-state index in [4.69, 9.17) is 4.52 Å². The minimum Gasteiger partial charge on any atom is -0.338 e. The first-order valence-corrected chi connectivity index (χ1v) is 9.30. The monoisotopic (exact) mass is 357 g/mol. The van der Waals surface area contributed by atoms with Crippen molar-refractivity contribution in [3.05, 3.63) is 65.0 Å². The molecule has 0 bridgehead atoms. The highest BCUT2D eigenvalue weighted by atomic mass is 32.2. The van der Waals surface area contributed by atoms with Crippen LogP contribution < -0.4 is 4.72 Å². The summed E-state index contributed by atoms with van der Waals surface area (Å²) >= 11 is 0. The van der Waals surface area contributed by atoms with Crippen molar-refractivity contribution in [2.75, 3.05) is 0 Å². The van der Waals surface area contributed by atoms with Crippen LogP contribution in [-0.2, 0) is 16.6 Å². The Kier molecular flexibility index (Phi) is 4.69. The van der Waals surface area contributed by atoms with Gasteiger partial charge in [-0.15, -0.1) is 0 Å². The number of nitrogens with zero attached hydrogens (tertiary/aromatic N) is 2. The minimum atomic E-state index is -3.65.